The Labute approximate surface area is 175 Å². The number of rotatable bonds is 6. The molecule has 2 N–H and O–H groups in total. The molecule has 0 unspecified atom stereocenters. The number of halogens is 3. The van der Waals surface area contributed by atoms with Crippen molar-refractivity contribution in [1.82, 2.24) is 10.2 Å². The van der Waals surface area contributed by atoms with E-state index in [1.54, 1.807) is 24.3 Å². The number of nitrogens with zero attached hydrogens (tertiary/aromatic N) is 1. The number of benzene rings is 2. The van der Waals surface area contributed by atoms with Crippen LogP contribution in [0.4, 0.5) is 8.78 Å². The van der Waals surface area contributed by atoms with Crippen LogP contribution in [-0.2, 0) is 25.7 Å². The molecule has 0 bridgehead atoms. The zero-order valence-corrected chi connectivity index (χ0v) is 16.2. The minimum Gasteiger partial charge on any atom is -0.480 e. The number of aliphatic carboxylic acids is 1. The molecule has 0 aromatic heterocycles. The van der Waals surface area contributed by atoms with Crippen molar-refractivity contribution in [3.63, 3.8) is 0 Å². The molecule has 0 aliphatic carbocycles. The molecule has 1 aliphatic rings. The number of hydrogen-bond donors (Lipinski definition) is 2. The summed E-state index contributed by atoms with van der Waals surface area (Å²) >= 11 is 5.88. The number of carbonyl (C=O) groups excluding carboxylic acids is 2. The molecule has 0 radical (unpaired) electrons. The third-order valence-electron chi connectivity index (χ3n) is 4.52. The molecular formula is C20H17ClF2N2O5. The third kappa shape index (κ3) is 4.92. The van der Waals surface area contributed by atoms with E-state index in [1.165, 1.54) is 12.1 Å². The van der Waals surface area contributed by atoms with Gasteiger partial charge in [0.25, 0.3) is 5.91 Å². The van der Waals surface area contributed by atoms with E-state index in [1.807, 2.05) is 0 Å². The highest BCUT2D eigenvalue weighted by atomic mass is 35.5. The van der Waals surface area contributed by atoms with Crippen LogP contribution in [0.2, 0.25) is 5.02 Å². The first-order valence-corrected chi connectivity index (χ1v) is 9.24. The summed E-state index contributed by atoms with van der Waals surface area (Å²) in [6.07, 6.45) is -1.26. The first kappa shape index (κ1) is 21.7. The Morgan fingerprint density at radius 3 is 2.57 bits per heavy atom. The number of nitrogens with one attached hydrogen (secondary N) is 1. The lowest BCUT2D eigenvalue weighted by Gasteiger charge is -2.35. The van der Waals surface area contributed by atoms with Gasteiger partial charge in [-0.3, -0.25) is 14.4 Å². The summed E-state index contributed by atoms with van der Waals surface area (Å²) in [6.45, 7) is -1.67. The van der Waals surface area contributed by atoms with E-state index in [2.05, 4.69) is 5.32 Å². The van der Waals surface area contributed by atoms with Crippen LogP contribution in [0.25, 0.3) is 0 Å². The molecule has 3 rings (SSSR count). The minimum atomic E-state index is -1.34. The Kier molecular flexibility index (Phi) is 6.63. The number of hydrogen-bond acceptors (Lipinski definition) is 4. The van der Waals surface area contributed by atoms with Gasteiger partial charge in [0.05, 0.1) is 6.04 Å². The van der Waals surface area contributed by atoms with Gasteiger partial charge in [-0.05, 0) is 23.8 Å². The zero-order valence-electron chi connectivity index (χ0n) is 15.5. The Balaban J connectivity index is 1.90. The Morgan fingerprint density at radius 1 is 1.20 bits per heavy atom. The summed E-state index contributed by atoms with van der Waals surface area (Å²) in [7, 11) is 0. The second-order valence-electron chi connectivity index (χ2n) is 6.63. The average molecular weight is 439 g/mol. The number of carbonyl (C=O) groups is 3. The maximum Gasteiger partial charge on any atom is 0.323 e. The van der Waals surface area contributed by atoms with Crippen LogP contribution in [0.1, 0.15) is 17.2 Å². The summed E-state index contributed by atoms with van der Waals surface area (Å²) in [6, 6.07) is 8.83. The molecule has 2 aromatic rings. The summed E-state index contributed by atoms with van der Waals surface area (Å²) in [5.41, 5.74) is 0.325. The van der Waals surface area contributed by atoms with E-state index in [0.29, 0.717) is 10.6 Å². The standard InChI is InChI=1S/C20H17ClF2N2O5/c21-13-6-4-11(5-7-13)18-19(30-10-15(26)24-18)20(29)25(9-16(27)28)8-12-2-1-3-14(22)17(12)23/h1-7,18-19H,8-10H2,(H,24,26)(H,27,28)/t18-,19-/m1/s1. The molecular weight excluding hydrogens is 422 g/mol. The van der Waals surface area contributed by atoms with E-state index >= 15 is 0 Å². The summed E-state index contributed by atoms with van der Waals surface area (Å²) < 4.78 is 33.0. The predicted molar refractivity (Wildman–Crippen MR) is 101 cm³/mol. The van der Waals surface area contributed by atoms with Crippen LogP contribution in [0.3, 0.4) is 0 Å². The molecule has 30 heavy (non-hydrogen) atoms. The number of carboxylic acids is 1. The second kappa shape index (κ2) is 9.19. The van der Waals surface area contributed by atoms with Gasteiger partial charge in [-0.2, -0.15) is 0 Å². The normalized spacial score (nSPS) is 18.6. The van der Waals surface area contributed by atoms with Gasteiger partial charge in [0.15, 0.2) is 17.7 Å². The molecule has 0 spiro atoms. The van der Waals surface area contributed by atoms with Gasteiger partial charge < -0.3 is 20.1 Å². The van der Waals surface area contributed by atoms with Crippen LogP contribution in [0.15, 0.2) is 42.5 Å². The molecule has 2 atom stereocenters. The topological polar surface area (TPSA) is 95.9 Å². The maximum absolute atomic E-state index is 14.1. The first-order valence-electron chi connectivity index (χ1n) is 8.86. The molecule has 2 amide bonds. The van der Waals surface area contributed by atoms with Gasteiger partial charge >= 0.3 is 5.97 Å². The highest BCUT2D eigenvalue weighted by Gasteiger charge is 2.39. The first-order chi connectivity index (χ1) is 14.3. The molecule has 1 saturated heterocycles. The van der Waals surface area contributed by atoms with Gasteiger partial charge in [-0.15, -0.1) is 0 Å². The van der Waals surface area contributed by atoms with Gasteiger partial charge in [0.2, 0.25) is 5.91 Å². The van der Waals surface area contributed by atoms with Crippen molar-refractivity contribution in [2.24, 2.45) is 0 Å². The van der Waals surface area contributed by atoms with Crippen molar-refractivity contribution in [2.75, 3.05) is 13.2 Å². The Morgan fingerprint density at radius 2 is 1.90 bits per heavy atom. The molecule has 158 valence electrons. The van der Waals surface area contributed by atoms with Crippen LogP contribution in [0, 0.1) is 11.6 Å². The second-order valence-corrected chi connectivity index (χ2v) is 7.07. The van der Waals surface area contributed by atoms with Crippen LogP contribution in [-0.4, -0.2) is 47.0 Å². The SMILES string of the molecule is O=C(O)CN(Cc1cccc(F)c1F)C(=O)[C@@H]1OCC(=O)N[C@@H]1c1ccc(Cl)cc1. The maximum atomic E-state index is 14.1. The molecule has 1 fully saturated rings. The van der Waals surface area contributed by atoms with Gasteiger partial charge in [0.1, 0.15) is 13.2 Å². The smallest absolute Gasteiger partial charge is 0.323 e. The minimum absolute atomic E-state index is 0.188. The van der Waals surface area contributed by atoms with Crippen LogP contribution in [0.5, 0.6) is 0 Å². The van der Waals surface area contributed by atoms with E-state index in [0.717, 1.165) is 11.0 Å². The van der Waals surface area contributed by atoms with Crippen molar-refractivity contribution < 1.29 is 33.0 Å². The largest absolute Gasteiger partial charge is 0.480 e. The predicted octanol–water partition coefficient (Wildman–Crippen LogP) is 2.29. The molecule has 0 saturated carbocycles. The van der Waals surface area contributed by atoms with Gasteiger partial charge in [-0.25, -0.2) is 8.78 Å². The summed E-state index contributed by atoms with van der Waals surface area (Å²) in [4.78, 5) is 37.1. The van der Waals surface area contributed by atoms with Crippen molar-refractivity contribution in [3.8, 4) is 0 Å². The lowest BCUT2D eigenvalue weighted by atomic mass is 9.98. The molecule has 10 heteroatoms. The Bertz CT molecular complexity index is 970. The highest BCUT2D eigenvalue weighted by molar-refractivity contribution is 6.30. The number of amides is 2. The van der Waals surface area contributed by atoms with Crippen LogP contribution < -0.4 is 5.32 Å². The van der Waals surface area contributed by atoms with E-state index in [9.17, 15) is 28.3 Å². The van der Waals surface area contributed by atoms with Gasteiger partial charge in [0, 0.05) is 17.1 Å². The fraction of sp³-hybridized carbons (Fsp3) is 0.250. The van der Waals surface area contributed by atoms with E-state index < -0.39 is 61.3 Å². The number of carboxylic acid groups (broad SMARTS) is 1. The fourth-order valence-corrected chi connectivity index (χ4v) is 3.25. The Hall–Kier alpha value is -3.04. The van der Waals surface area contributed by atoms with Gasteiger partial charge in [-0.1, -0.05) is 35.9 Å². The van der Waals surface area contributed by atoms with Crippen molar-refractivity contribution >= 4 is 29.4 Å². The number of ether oxygens (including phenoxy) is 1. The van der Waals surface area contributed by atoms with Crippen molar-refractivity contribution in [2.45, 2.75) is 18.7 Å². The lowest BCUT2D eigenvalue weighted by molar-refractivity contribution is -0.159. The average Bonchev–Trinajstić information content (AvgIpc) is 2.70. The van der Waals surface area contributed by atoms with Crippen molar-refractivity contribution in [1.29, 1.82) is 0 Å². The molecule has 1 heterocycles. The molecule has 7 nitrogen and oxygen atoms in total. The quantitative estimate of drug-likeness (QED) is 0.721. The summed E-state index contributed by atoms with van der Waals surface area (Å²) in [5, 5.41) is 12.3. The molecule has 1 aliphatic heterocycles. The van der Waals surface area contributed by atoms with Crippen molar-refractivity contribution in [3.05, 3.63) is 70.2 Å². The number of morpholine rings is 1. The van der Waals surface area contributed by atoms with E-state index in [-0.39, 0.29) is 5.56 Å². The highest BCUT2D eigenvalue weighted by Crippen LogP contribution is 2.26. The van der Waals surface area contributed by atoms with Crippen LogP contribution >= 0.6 is 11.6 Å². The summed E-state index contributed by atoms with van der Waals surface area (Å²) in [5.74, 6) is -4.88. The lowest BCUT2D eigenvalue weighted by Crippen LogP contribution is -2.54. The van der Waals surface area contributed by atoms with E-state index in [4.69, 9.17) is 16.3 Å². The molecule has 2 aromatic carbocycles. The fourth-order valence-electron chi connectivity index (χ4n) is 3.13. The zero-order chi connectivity index (χ0) is 21.8. The monoisotopic (exact) mass is 438 g/mol. The third-order valence-corrected chi connectivity index (χ3v) is 4.77.